The van der Waals surface area contributed by atoms with E-state index >= 15 is 0 Å². The van der Waals surface area contributed by atoms with Crippen molar-refractivity contribution in [3.05, 3.63) is 12.2 Å². The van der Waals surface area contributed by atoms with E-state index in [0.717, 1.165) is 25.8 Å². The van der Waals surface area contributed by atoms with Gasteiger partial charge in [0.05, 0.1) is 0 Å². The molecule has 3 N–H and O–H groups in total. The summed E-state index contributed by atoms with van der Waals surface area (Å²) in [5, 5.41) is 3.06. The van der Waals surface area contributed by atoms with Gasteiger partial charge in [0.1, 0.15) is 0 Å². The predicted molar refractivity (Wildman–Crippen MR) is 45.7 cm³/mol. The van der Waals surface area contributed by atoms with E-state index < -0.39 is 0 Å². The Bertz CT molecular complexity index is 89.3. The molecule has 0 aliphatic carbocycles. The minimum Gasteiger partial charge on any atom is -0.318 e. The molecule has 0 aromatic carbocycles. The van der Waals surface area contributed by atoms with Gasteiger partial charge in [-0.1, -0.05) is 19.1 Å². The zero-order valence-electron chi connectivity index (χ0n) is 6.82. The van der Waals surface area contributed by atoms with Crippen molar-refractivity contribution >= 4 is 0 Å². The molecule has 0 radical (unpaired) electrons. The first-order valence-corrected chi connectivity index (χ1v) is 3.88. The van der Waals surface area contributed by atoms with E-state index in [2.05, 4.69) is 18.8 Å². The van der Waals surface area contributed by atoms with Crippen molar-refractivity contribution in [3.63, 3.8) is 0 Å². The summed E-state index contributed by atoms with van der Waals surface area (Å²) in [5.41, 5.74) is 6.58. The Morgan fingerprint density at radius 1 is 1.60 bits per heavy atom. The standard InChI is InChI=1S/C8H18N2/c1-3-8(2)5-4-6-10-7-9/h10H,2-7,9H2,1H3. The first kappa shape index (κ1) is 9.66. The number of hydrogen-bond donors (Lipinski definition) is 2. The Hall–Kier alpha value is -0.340. The van der Waals surface area contributed by atoms with Crippen molar-refractivity contribution in [2.75, 3.05) is 13.2 Å². The van der Waals surface area contributed by atoms with Crippen LogP contribution in [0.4, 0.5) is 0 Å². The molecule has 0 unspecified atom stereocenters. The summed E-state index contributed by atoms with van der Waals surface area (Å²) in [6.07, 6.45) is 3.38. The molecule has 60 valence electrons. The van der Waals surface area contributed by atoms with Gasteiger partial charge >= 0.3 is 0 Å². The molecule has 0 atom stereocenters. The molecule has 0 amide bonds. The third kappa shape index (κ3) is 5.79. The van der Waals surface area contributed by atoms with Crippen molar-refractivity contribution in [2.45, 2.75) is 26.2 Å². The van der Waals surface area contributed by atoms with Gasteiger partial charge in [-0.25, -0.2) is 0 Å². The van der Waals surface area contributed by atoms with Crippen molar-refractivity contribution in [3.8, 4) is 0 Å². The average molecular weight is 142 g/mol. The molecular weight excluding hydrogens is 124 g/mol. The fourth-order valence-electron chi connectivity index (χ4n) is 0.742. The molecule has 0 saturated carbocycles. The van der Waals surface area contributed by atoms with Crippen LogP contribution in [-0.2, 0) is 0 Å². The third-order valence-corrected chi connectivity index (χ3v) is 1.53. The fourth-order valence-corrected chi connectivity index (χ4v) is 0.742. The zero-order chi connectivity index (χ0) is 7.82. The maximum Gasteiger partial charge on any atom is 0.0428 e. The Morgan fingerprint density at radius 2 is 2.30 bits per heavy atom. The average Bonchev–Trinajstić information content (AvgIpc) is 1.98. The molecule has 0 aromatic rings. The van der Waals surface area contributed by atoms with Gasteiger partial charge in [0.2, 0.25) is 0 Å². The molecule has 0 spiro atoms. The third-order valence-electron chi connectivity index (χ3n) is 1.53. The van der Waals surface area contributed by atoms with Crippen molar-refractivity contribution in [2.24, 2.45) is 5.73 Å². The number of hydrogen-bond acceptors (Lipinski definition) is 2. The number of allylic oxidation sites excluding steroid dienone is 1. The normalized spacial score (nSPS) is 9.80. The van der Waals surface area contributed by atoms with E-state index in [9.17, 15) is 0 Å². The Kier molecular flexibility index (Phi) is 6.55. The smallest absolute Gasteiger partial charge is 0.0428 e. The van der Waals surface area contributed by atoms with Gasteiger partial charge in [0.15, 0.2) is 0 Å². The topological polar surface area (TPSA) is 38.0 Å². The van der Waals surface area contributed by atoms with E-state index in [-0.39, 0.29) is 0 Å². The lowest BCUT2D eigenvalue weighted by atomic mass is 10.1. The molecule has 2 nitrogen and oxygen atoms in total. The molecule has 0 aliphatic rings. The molecule has 0 heterocycles. The Morgan fingerprint density at radius 3 is 2.80 bits per heavy atom. The van der Waals surface area contributed by atoms with Crippen LogP contribution in [0, 0.1) is 0 Å². The van der Waals surface area contributed by atoms with Gasteiger partial charge < -0.3 is 11.1 Å². The highest BCUT2D eigenvalue weighted by atomic mass is 14.9. The summed E-state index contributed by atoms with van der Waals surface area (Å²) in [5.74, 6) is 0. The summed E-state index contributed by atoms with van der Waals surface area (Å²) in [6, 6.07) is 0. The quantitative estimate of drug-likeness (QED) is 0.332. The molecule has 10 heavy (non-hydrogen) atoms. The summed E-state index contributed by atoms with van der Waals surface area (Å²) in [4.78, 5) is 0. The maximum absolute atomic E-state index is 5.24. The van der Waals surface area contributed by atoms with Crippen molar-refractivity contribution in [1.82, 2.24) is 5.32 Å². The van der Waals surface area contributed by atoms with Crippen LogP contribution in [0.1, 0.15) is 26.2 Å². The molecule has 2 heteroatoms. The van der Waals surface area contributed by atoms with Gasteiger partial charge in [-0.3, -0.25) is 0 Å². The SMILES string of the molecule is C=C(CC)CCCNCN. The number of rotatable bonds is 6. The Labute approximate surface area is 63.5 Å². The number of nitrogens with one attached hydrogen (secondary N) is 1. The molecular formula is C8H18N2. The number of nitrogens with two attached hydrogens (primary N) is 1. The second-order valence-electron chi connectivity index (χ2n) is 2.41. The lowest BCUT2D eigenvalue weighted by molar-refractivity contribution is 0.655. The largest absolute Gasteiger partial charge is 0.318 e. The van der Waals surface area contributed by atoms with E-state index in [4.69, 9.17) is 5.73 Å². The van der Waals surface area contributed by atoms with Crippen LogP contribution in [0.5, 0.6) is 0 Å². The maximum atomic E-state index is 5.24. The highest BCUT2D eigenvalue weighted by Crippen LogP contribution is 2.04. The van der Waals surface area contributed by atoms with Crippen LogP contribution in [0.3, 0.4) is 0 Å². The van der Waals surface area contributed by atoms with Crippen LogP contribution in [0.2, 0.25) is 0 Å². The second kappa shape index (κ2) is 6.78. The fraction of sp³-hybridized carbons (Fsp3) is 0.750. The van der Waals surface area contributed by atoms with E-state index in [1.165, 1.54) is 5.57 Å². The van der Waals surface area contributed by atoms with Gasteiger partial charge in [0.25, 0.3) is 0 Å². The minimum absolute atomic E-state index is 0.582. The van der Waals surface area contributed by atoms with Gasteiger partial charge in [-0.2, -0.15) is 0 Å². The molecule has 0 rings (SSSR count). The van der Waals surface area contributed by atoms with Gasteiger partial charge in [0, 0.05) is 6.67 Å². The van der Waals surface area contributed by atoms with E-state index in [0.29, 0.717) is 6.67 Å². The summed E-state index contributed by atoms with van der Waals surface area (Å²) >= 11 is 0. The molecule has 0 fully saturated rings. The van der Waals surface area contributed by atoms with Crippen LogP contribution >= 0.6 is 0 Å². The zero-order valence-corrected chi connectivity index (χ0v) is 6.82. The van der Waals surface area contributed by atoms with Crippen LogP contribution < -0.4 is 11.1 Å². The second-order valence-corrected chi connectivity index (χ2v) is 2.41. The lowest BCUT2D eigenvalue weighted by Crippen LogP contribution is -2.23. The Balaban J connectivity index is 2.96. The van der Waals surface area contributed by atoms with Crippen LogP contribution in [0.25, 0.3) is 0 Å². The van der Waals surface area contributed by atoms with Gasteiger partial charge in [-0.15, -0.1) is 0 Å². The lowest BCUT2D eigenvalue weighted by Gasteiger charge is -2.01. The summed E-state index contributed by atoms with van der Waals surface area (Å²) in [6.45, 7) is 7.64. The molecule has 0 aromatic heterocycles. The molecule has 0 bridgehead atoms. The van der Waals surface area contributed by atoms with Crippen molar-refractivity contribution < 1.29 is 0 Å². The highest BCUT2D eigenvalue weighted by molar-refractivity contribution is 4.91. The first-order chi connectivity index (χ1) is 4.81. The monoisotopic (exact) mass is 142 g/mol. The van der Waals surface area contributed by atoms with Gasteiger partial charge in [-0.05, 0) is 25.8 Å². The van der Waals surface area contributed by atoms with Crippen LogP contribution in [-0.4, -0.2) is 13.2 Å². The minimum atomic E-state index is 0.582. The summed E-state index contributed by atoms with van der Waals surface area (Å²) < 4.78 is 0. The molecule has 0 saturated heterocycles. The van der Waals surface area contributed by atoms with E-state index in [1.807, 2.05) is 0 Å². The van der Waals surface area contributed by atoms with Crippen LogP contribution in [0.15, 0.2) is 12.2 Å². The first-order valence-electron chi connectivity index (χ1n) is 3.88. The molecule has 0 aliphatic heterocycles. The predicted octanol–water partition coefficient (Wildman–Crippen LogP) is 1.24. The van der Waals surface area contributed by atoms with E-state index in [1.54, 1.807) is 0 Å². The summed E-state index contributed by atoms with van der Waals surface area (Å²) in [7, 11) is 0. The van der Waals surface area contributed by atoms with Crippen molar-refractivity contribution in [1.29, 1.82) is 0 Å². The highest BCUT2D eigenvalue weighted by Gasteiger charge is 1.89.